The molecule has 2 heterocycles. The van der Waals surface area contributed by atoms with Crippen molar-refractivity contribution in [2.45, 2.75) is 40.2 Å². The third-order valence-corrected chi connectivity index (χ3v) is 6.68. The Morgan fingerprint density at radius 2 is 1.79 bits per heavy atom. The Kier molecular flexibility index (Phi) is 9.45. The minimum Gasteiger partial charge on any atom is -0.493 e. The number of benzene rings is 2. The molecule has 0 aromatic heterocycles. The molecule has 2 aromatic carbocycles. The van der Waals surface area contributed by atoms with Crippen LogP contribution in [0.2, 0.25) is 0 Å². The van der Waals surface area contributed by atoms with Crippen LogP contribution in [0.1, 0.15) is 43.6 Å². The average molecular weight is 537 g/mol. The molecule has 2 aromatic rings. The molecule has 2 aliphatic heterocycles. The van der Waals surface area contributed by atoms with E-state index in [1.54, 1.807) is 23.1 Å². The zero-order valence-electron chi connectivity index (χ0n) is 23.4. The smallest absolute Gasteiger partial charge is 0.251 e. The number of hydrogen-bond donors (Lipinski definition) is 2. The molecule has 39 heavy (non-hydrogen) atoms. The van der Waals surface area contributed by atoms with E-state index in [-0.39, 0.29) is 18.4 Å². The Labute approximate surface area is 230 Å². The van der Waals surface area contributed by atoms with Crippen molar-refractivity contribution in [3.63, 3.8) is 0 Å². The molecule has 210 valence electrons. The van der Waals surface area contributed by atoms with Crippen LogP contribution < -0.4 is 20.1 Å². The lowest BCUT2D eigenvalue weighted by Gasteiger charge is -2.41. The highest BCUT2D eigenvalue weighted by molar-refractivity contribution is 5.98. The van der Waals surface area contributed by atoms with Crippen molar-refractivity contribution in [3.05, 3.63) is 53.6 Å². The van der Waals surface area contributed by atoms with Crippen molar-refractivity contribution in [2.75, 3.05) is 45.9 Å². The number of carbonyl (C=O) groups is 3. The molecule has 3 amide bonds. The molecule has 4 rings (SSSR count). The maximum absolute atomic E-state index is 13.3. The summed E-state index contributed by atoms with van der Waals surface area (Å²) in [5.41, 5.74) is 1.33. The number of nitrogens with zero attached hydrogens (tertiary/aromatic N) is 2. The zero-order valence-corrected chi connectivity index (χ0v) is 23.4. The van der Waals surface area contributed by atoms with Crippen LogP contribution in [0.15, 0.2) is 42.5 Å². The normalized spacial score (nSPS) is 19.2. The average Bonchev–Trinajstić information content (AvgIpc) is 2.89. The summed E-state index contributed by atoms with van der Waals surface area (Å²) < 4.78 is 12.0. The van der Waals surface area contributed by atoms with Crippen LogP contribution in [0.3, 0.4) is 0 Å². The third kappa shape index (κ3) is 7.95. The topological polar surface area (TPSA) is 100 Å². The number of ether oxygens (including phenoxy) is 2. The van der Waals surface area contributed by atoms with Crippen molar-refractivity contribution in [3.8, 4) is 17.2 Å². The van der Waals surface area contributed by atoms with Gasteiger partial charge in [-0.1, -0.05) is 39.8 Å². The Morgan fingerprint density at radius 1 is 0.974 bits per heavy atom. The standard InChI is InChI=1S/C30H40N4O5/c1-20(2)17-33-10-11-34-27(18-33)30(37)31-9-8-22-6-5-7-24(12-22)39-26-14-23(29(36)32-16-28(34)35)13-25(15-26)38-19-21(3)4/h5-7,12-15,20-21,27H,8-11,16-19H2,1-4H3,(H,31,37)(H,32,36)/t27-/m1/s1. The molecule has 0 saturated carbocycles. The van der Waals surface area contributed by atoms with Gasteiger partial charge in [0.1, 0.15) is 23.3 Å². The van der Waals surface area contributed by atoms with E-state index < -0.39 is 11.9 Å². The van der Waals surface area contributed by atoms with Gasteiger partial charge in [-0.3, -0.25) is 19.3 Å². The lowest BCUT2D eigenvalue weighted by atomic mass is 10.1. The first-order valence-corrected chi connectivity index (χ1v) is 13.8. The summed E-state index contributed by atoms with van der Waals surface area (Å²) in [5.74, 6) is 1.47. The molecule has 1 fully saturated rings. The second-order valence-electron chi connectivity index (χ2n) is 11.1. The van der Waals surface area contributed by atoms with Crippen molar-refractivity contribution < 1.29 is 23.9 Å². The van der Waals surface area contributed by atoms with Crippen molar-refractivity contribution in [1.82, 2.24) is 20.4 Å². The van der Waals surface area contributed by atoms with Crippen LogP contribution in [-0.2, 0) is 16.0 Å². The zero-order chi connectivity index (χ0) is 27.9. The quantitative estimate of drug-likeness (QED) is 0.609. The van der Waals surface area contributed by atoms with E-state index in [0.717, 1.165) is 12.1 Å². The summed E-state index contributed by atoms with van der Waals surface area (Å²) in [6.07, 6.45) is 0.613. The van der Waals surface area contributed by atoms with Crippen LogP contribution in [0.5, 0.6) is 17.2 Å². The van der Waals surface area contributed by atoms with Gasteiger partial charge in [0.15, 0.2) is 0 Å². The number of hydrogen-bond acceptors (Lipinski definition) is 6. The largest absolute Gasteiger partial charge is 0.493 e. The molecule has 0 unspecified atom stereocenters. The van der Waals surface area contributed by atoms with E-state index in [9.17, 15) is 14.4 Å². The summed E-state index contributed by atoms with van der Waals surface area (Å²) in [4.78, 5) is 43.5. The van der Waals surface area contributed by atoms with E-state index in [4.69, 9.17) is 9.47 Å². The van der Waals surface area contributed by atoms with Gasteiger partial charge in [-0.25, -0.2) is 0 Å². The minimum atomic E-state index is -0.619. The Hall–Kier alpha value is -3.59. The predicted octanol–water partition coefficient (Wildman–Crippen LogP) is 3.08. The number of piperazine rings is 1. The Bertz CT molecular complexity index is 1180. The molecule has 4 bridgehead atoms. The molecule has 9 nitrogen and oxygen atoms in total. The van der Waals surface area contributed by atoms with Crippen LogP contribution in [0, 0.1) is 11.8 Å². The van der Waals surface area contributed by atoms with Gasteiger partial charge in [-0.2, -0.15) is 0 Å². The van der Waals surface area contributed by atoms with Crippen LogP contribution in [0.4, 0.5) is 0 Å². The monoisotopic (exact) mass is 536 g/mol. The van der Waals surface area contributed by atoms with Gasteiger partial charge < -0.3 is 25.0 Å². The highest BCUT2D eigenvalue weighted by Gasteiger charge is 2.35. The van der Waals surface area contributed by atoms with E-state index in [0.29, 0.717) is 73.9 Å². The molecule has 2 N–H and O–H groups in total. The summed E-state index contributed by atoms with van der Waals surface area (Å²) in [7, 11) is 0. The first-order valence-electron chi connectivity index (χ1n) is 13.8. The van der Waals surface area contributed by atoms with Crippen molar-refractivity contribution >= 4 is 17.7 Å². The fourth-order valence-electron chi connectivity index (χ4n) is 4.86. The minimum absolute atomic E-state index is 0.182. The first-order chi connectivity index (χ1) is 18.7. The maximum Gasteiger partial charge on any atom is 0.251 e. The van der Waals surface area contributed by atoms with E-state index in [1.807, 2.05) is 38.1 Å². The van der Waals surface area contributed by atoms with Gasteiger partial charge in [-0.15, -0.1) is 0 Å². The van der Waals surface area contributed by atoms with E-state index in [2.05, 4.69) is 29.4 Å². The van der Waals surface area contributed by atoms with Crippen LogP contribution in [0.25, 0.3) is 0 Å². The molecule has 0 aliphatic carbocycles. The van der Waals surface area contributed by atoms with Crippen molar-refractivity contribution in [2.24, 2.45) is 11.8 Å². The molecular formula is C30H40N4O5. The molecule has 1 atom stereocenters. The van der Waals surface area contributed by atoms with Gasteiger partial charge in [0.2, 0.25) is 11.8 Å². The fraction of sp³-hybridized carbons (Fsp3) is 0.500. The van der Waals surface area contributed by atoms with Gasteiger partial charge in [0.25, 0.3) is 5.91 Å². The Morgan fingerprint density at radius 3 is 2.56 bits per heavy atom. The SMILES string of the molecule is CC(C)COc1cc2cc(c1)C(=O)NCC(=O)N1CCN(CC(C)C)C[C@@H]1C(=O)NCCc1cccc(c1)O2. The van der Waals surface area contributed by atoms with Crippen molar-refractivity contribution in [1.29, 1.82) is 0 Å². The van der Waals surface area contributed by atoms with Gasteiger partial charge >= 0.3 is 0 Å². The maximum atomic E-state index is 13.3. The molecule has 2 aliphatic rings. The third-order valence-electron chi connectivity index (χ3n) is 6.68. The second kappa shape index (κ2) is 13.0. The lowest BCUT2D eigenvalue weighted by molar-refractivity contribution is -0.143. The number of rotatable bonds is 5. The summed E-state index contributed by atoms with van der Waals surface area (Å²) in [6, 6.07) is 12.1. The first kappa shape index (κ1) is 28.4. The lowest BCUT2D eigenvalue weighted by Crippen LogP contribution is -2.62. The molecule has 0 radical (unpaired) electrons. The second-order valence-corrected chi connectivity index (χ2v) is 11.1. The molecule has 0 spiro atoms. The number of carbonyl (C=O) groups excluding carboxylic acids is 3. The molecule has 9 heteroatoms. The highest BCUT2D eigenvalue weighted by Crippen LogP contribution is 2.29. The van der Waals surface area contributed by atoms with Gasteiger partial charge in [0.05, 0.1) is 13.2 Å². The van der Waals surface area contributed by atoms with Gasteiger partial charge in [-0.05, 0) is 48.1 Å². The Balaban J connectivity index is 1.62. The van der Waals surface area contributed by atoms with E-state index in [1.165, 1.54) is 0 Å². The summed E-state index contributed by atoms with van der Waals surface area (Å²) in [5, 5.41) is 5.76. The van der Waals surface area contributed by atoms with Crippen LogP contribution in [-0.4, -0.2) is 79.4 Å². The summed E-state index contributed by atoms with van der Waals surface area (Å²) in [6.45, 7) is 11.5. The van der Waals surface area contributed by atoms with E-state index >= 15 is 0 Å². The molecule has 1 saturated heterocycles. The number of amides is 3. The number of fused-ring (bicyclic) bond motifs is 5. The van der Waals surface area contributed by atoms with Crippen LogP contribution >= 0.6 is 0 Å². The summed E-state index contributed by atoms with van der Waals surface area (Å²) >= 11 is 0. The number of nitrogens with one attached hydrogen (secondary N) is 2. The predicted molar refractivity (Wildman–Crippen MR) is 149 cm³/mol. The van der Waals surface area contributed by atoms with Gasteiger partial charge in [0, 0.05) is 44.4 Å². The highest BCUT2D eigenvalue weighted by atomic mass is 16.5. The molecular weight excluding hydrogens is 496 g/mol. The fourth-order valence-corrected chi connectivity index (χ4v) is 4.86.